The van der Waals surface area contributed by atoms with E-state index in [4.69, 9.17) is 4.42 Å². The summed E-state index contributed by atoms with van der Waals surface area (Å²) in [6.45, 7) is 3.68. The van der Waals surface area contributed by atoms with Crippen molar-refractivity contribution in [3.63, 3.8) is 0 Å². The van der Waals surface area contributed by atoms with Crippen LogP contribution in [0.1, 0.15) is 30.3 Å². The lowest BCUT2D eigenvalue weighted by atomic mass is 10.2. The first-order valence-electron chi connectivity index (χ1n) is 5.89. The maximum absolute atomic E-state index is 10.3. The van der Waals surface area contributed by atoms with Crippen LogP contribution >= 0.6 is 0 Å². The van der Waals surface area contributed by atoms with Gasteiger partial charge in [-0.15, -0.1) is 10.2 Å². The van der Waals surface area contributed by atoms with E-state index in [1.54, 1.807) is 6.92 Å². The number of hydrogen-bond acceptors (Lipinski definition) is 5. The minimum absolute atomic E-state index is 0.544. The average molecular weight is 248 g/mol. The van der Waals surface area contributed by atoms with E-state index in [-0.39, 0.29) is 0 Å². The third-order valence-corrected chi connectivity index (χ3v) is 2.79. The molecule has 0 aliphatic rings. The minimum atomic E-state index is 0.544. The van der Waals surface area contributed by atoms with Crippen molar-refractivity contribution in [3.8, 4) is 11.6 Å². The second kappa shape index (κ2) is 5.12. The predicted molar refractivity (Wildman–Crippen MR) is 65.0 cm³/mol. The fraction of sp³-hybridized carbons (Fsp3) is 0.500. The summed E-state index contributed by atoms with van der Waals surface area (Å²) in [5.74, 6) is 2.80. The van der Waals surface area contributed by atoms with E-state index < -0.39 is 0 Å². The summed E-state index contributed by atoms with van der Waals surface area (Å²) in [4.78, 5) is 14.5. The molecular weight excluding hydrogens is 232 g/mol. The van der Waals surface area contributed by atoms with Gasteiger partial charge in [0.2, 0.25) is 5.82 Å². The Morgan fingerprint density at radius 2 is 2.11 bits per heavy atom. The van der Waals surface area contributed by atoms with Gasteiger partial charge < -0.3 is 13.8 Å². The molecule has 2 aromatic heterocycles. The smallest absolute Gasteiger partial charge is 0.201 e. The molecule has 18 heavy (non-hydrogen) atoms. The zero-order chi connectivity index (χ0) is 13.1. The van der Waals surface area contributed by atoms with Crippen LogP contribution in [-0.4, -0.2) is 26.0 Å². The van der Waals surface area contributed by atoms with Gasteiger partial charge in [-0.3, -0.25) is 0 Å². The molecule has 0 aromatic carbocycles. The van der Waals surface area contributed by atoms with E-state index in [2.05, 4.69) is 15.2 Å². The van der Waals surface area contributed by atoms with Crippen molar-refractivity contribution in [2.45, 2.75) is 33.1 Å². The fourth-order valence-corrected chi connectivity index (χ4v) is 1.86. The van der Waals surface area contributed by atoms with Crippen LogP contribution in [0.25, 0.3) is 11.6 Å². The summed E-state index contributed by atoms with van der Waals surface area (Å²) in [5.41, 5.74) is 0.808. The van der Waals surface area contributed by atoms with Gasteiger partial charge in [0.1, 0.15) is 12.1 Å². The van der Waals surface area contributed by atoms with Crippen molar-refractivity contribution in [2.75, 3.05) is 0 Å². The Labute approximate surface area is 105 Å². The Kier molecular flexibility index (Phi) is 3.55. The lowest BCUT2D eigenvalue weighted by molar-refractivity contribution is -0.107. The zero-order valence-electron chi connectivity index (χ0n) is 10.8. The third kappa shape index (κ3) is 2.32. The number of aromatic nitrogens is 4. The molecule has 0 N–H and O–H groups in total. The summed E-state index contributed by atoms with van der Waals surface area (Å²) in [5, 5.41) is 8.25. The number of aldehydes is 1. The van der Waals surface area contributed by atoms with Gasteiger partial charge in [0, 0.05) is 26.8 Å². The number of unbranched alkanes of at least 4 members (excludes halogenated alkanes) is 1. The van der Waals surface area contributed by atoms with Gasteiger partial charge in [0.05, 0.1) is 5.69 Å². The highest BCUT2D eigenvalue weighted by molar-refractivity contribution is 5.50. The number of aryl methyl sites for hydroxylation is 3. The normalized spacial score (nSPS) is 10.8. The Bertz CT molecular complexity index is 556. The SMILES string of the molecule is Cc1nc(C)c(-c2nnc(CCCC=O)n2C)o1. The maximum atomic E-state index is 10.3. The first-order valence-corrected chi connectivity index (χ1v) is 5.89. The minimum Gasteiger partial charge on any atom is -0.437 e. The van der Waals surface area contributed by atoms with E-state index >= 15 is 0 Å². The molecule has 0 unspecified atom stereocenters. The van der Waals surface area contributed by atoms with Crippen LogP contribution in [0.15, 0.2) is 4.42 Å². The van der Waals surface area contributed by atoms with Gasteiger partial charge in [-0.2, -0.15) is 0 Å². The molecular formula is C12H16N4O2. The monoisotopic (exact) mass is 248 g/mol. The molecule has 0 amide bonds. The summed E-state index contributed by atoms with van der Waals surface area (Å²) >= 11 is 0. The summed E-state index contributed by atoms with van der Waals surface area (Å²) in [7, 11) is 1.89. The van der Waals surface area contributed by atoms with Gasteiger partial charge in [-0.25, -0.2) is 4.98 Å². The zero-order valence-corrected chi connectivity index (χ0v) is 10.8. The molecule has 0 spiro atoms. The molecule has 2 rings (SSSR count). The maximum Gasteiger partial charge on any atom is 0.201 e. The van der Waals surface area contributed by atoms with Crippen LogP contribution in [0.5, 0.6) is 0 Å². The van der Waals surface area contributed by atoms with E-state index in [1.165, 1.54) is 0 Å². The Morgan fingerprint density at radius 3 is 2.72 bits per heavy atom. The number of carbonyl (C=O) groups is 1. The molecule has 0 bridgehead atoms. The molecule has 2 heterocycles. The van der Waals surface area contributed by atoms with Gasteiger partial charge in [-0.05, 0) is 13.3 Å². The van der Waals surface area contributed by atoms with Crippen molar-refractivity contribution in [3.05, 3.63) is 17.4 Å². The van der Waals surface area contributed by atoms with E-state index in [0.29, 0.717) is 23.9 Å². The van der Waals surface area contributed by atoms with Crippen LogP contribution in [0, 0.1) is 13.8 Å². The van der Waals surface area contributed by atoms with Gasteiger partial charge in [-0.1, -0.05) is 0 Å². The van der Waals surface area contributed by atoms with Crippen LogP contribution < -0.4 is 0 Å². The van der Waals surface area contributed by atoms with Crippen LogP contribution in [0.2, 0.25) is 0 Å². The van der Waals surface area contributed by atoms with Crippen molar-refractivity contribution >= 4 is 6.29 Å². The summed E-state index contributed by atoms with van der Waals surface area (Å²) in [6.07, 6.45) is 2.97. The van der Waals surface area contributed by atoms with Crippen molar-refractivity contribution in [2.24, 2.45) is 7.05 Å². The molecule has 6 nitrogen and oxygen atoms in total. The molecule has 6 heteroatoms. The Morgan fingerprint density at radius 1 is 1.33 bits per heavy atom. The number of hydrogen-bond donors (Lipinski definition) is 0. The highest BCUT2D eigenvalue weighted by Gasteiger charge is 2.17. The van der Waals surface area contributed by atoms with Crippen LogP contribution in [-0.2, 0) is 18.3 Å². The molecule has 96 valence electrons. The average Bonchev–Trinajstić information content (AvgIpc) is 2.83. The third-order valence-electron chi connectivity index (χ3n) is 2.79. The molecule has 0 atom stereocenters. The molecule has 2 aromatic rings. The van der Waals surface area contributed by atoms with Gasteiger partial charge in [0.25, 0.3) is 0 Å². The largest absolute Gasteiger partial charge is 0.437 e. The number of carbonyl (C=O) groups excluding carboxylic acids is 1. The van der Waals surface area contributed by atoms with E-state index in [9.17, 15) is 4.79 Å². The van der Waals surface area contributed by atoms with Crippen molar-refractivity contribution < 1.29 is 9.21 Å². The first kappa shape index (κ1) is 12.5. The molecule has 0 radical (unpaired) electrons. The van der Waals surface area contributed by atoms with Gasteiger partial charge in [0.15, 0.2) is 11.7 Å². The number of oxazole rings is 1. The van der Waals surface area contributed by atoms with E-state index in [1.807, 2.05) is 18.5 Å². The second-order valence-electron chi connectivity index (χ2n) is 4.21. The quantitative estimate of drug-likeness (QED) is 0.593. The van der Waals surface area contributed by atoms with Crippen molar-refractivity contribution in [1.82, 2.24) is 19.7 Å². The first-order chi connectivity index (χ1) is 8.63. The summed E-state index contributed by atoms with van der Waals surface area (Å²) in [6, 6.07) is 0. The van der Waals surface area contributed by atoms with Crippen LogP contribution in [0.3, 0.4) is 0 Å². The standard InChI is InChI=1S/C12H16N4O2/c1-8-11(18-9(2)13-8)12-15-14-10(16(12)3)6-4-5-7-17/h7H,4-6H2,1-3H3. The predicted octanol–water partition coefficient (Wildman–Crippen LogP) is 1.61. The van der Waals surface area contributed by atoms with Crippen LogP contribution in [0.4, 0.5) is 0 Å². The molecule has 0 saturated heterocycles. The number of rotatable bonds is 5. The molecule has 0 saturated carbocycles. The molecule has 0 fully saturated rings. The lowest BCUT2D eigenvalue weighted by Gasteiger charge is -2.01. The summed E-state index contributed by atoms with van der Waals surface area (Å²) < 4.78 is 7.42. The Balaban J connectivity index is 2.25. The van der Waals surface area contributed by atoms with E-state index in [0.717, 1.165) is 30.6 Å². The highest BCUT2D eigenvalue weighted by Crippen LogP contribution is 2.22. The number of nitrogens with zero attached hydrogens (tertiary/aromatic N) is 4. The van der Waals surface area contributed by atoms with Crippen molar-refractivity contribution in [1.29, 1.82) is 0 Å². The highest BCUT2D eigenvalue weighted by atomic mass is 16.4. The second-order valence-corrected chi connectivity index (χ2v) is 4.21. The lowest BCUT2D eigenvalue weighted by Crippen LogP contribution is -2.00. The topological polar surface area (TPSA) is 73.8 Å². The molecule has 0 aliphatic heterocycles. The Hall–Kier alpha value is -1.98. The molecule has 0 aliphatic carbocycles. The van der Waals surface area contributed by atoms with Gasteiger partial charge >= 0.3 is 0 Å². The fourth-order valence-electron chi connectivity index (χ4n) is 1.86.